The zero-order chi connectivity index (χ0) is 12.6. The fourth-order valence-corrected chi connectivity index (χ4v) is 3.00. The van der Waals surface area contributed by atoms with Gasteiger partial charge >= 0.3 is 0 Å². The van der Waals surface area contributed by atoms with Crippen LogP contribution < -0.4 is 5.32 Å². The van der Waals surface area contributed by atoms with Gasteiger partial charge in [-0.25, -0.2) is 0 Å². The van der Waals surface area contributed by atoms with Gasteiger partial charge in [-0.05, 0) is 52.9 Å². The highest BCUT2D eigenvalue weighted by atomic mass is 15.1. The fraction of sp³-hybridized carbons (Fsp3) is 1.00. The first-order chi connectivity index (χ1) is 8.22. The molecule has 0 unspecified atom stereocenters. The van der Waals surface area contributed by atoms with Gasteiger partial charge in [-0.1, -0.05) is 39.0 Å². The van der Waals surface area contributed by atoms with Crippen LogP contribution in [0.25, 0.3) is 0 Å². The summed E-state index contributed by atoms with van der Waals surface area (Å²) < 4.78 is 0. The summed E-state index contributed by atoms with van der Waals surface area (Å²) in [5, 5.41) is 3.61. The summed E-state index contributed by atoms with van der Waals surface area (Å²) in [5.41, 5.74) is 0.456. The molecule has 0 aromatic carbocycles. The number of unbranched alkanes of at least 4 members (excludes halogenated alkanes) is 2. The van der Waals surface area contributed by atoms with E-state index in [-0.39, 0.29) is 0 Å². The third-order valence-corrected chi connectivity index (χ3v) is 4.46. The number of nitrogens with zero attached hydrogens (tertiary/aromatic N) is 1. The van der Waals surface area contributed by atoms with Crippen molar-refractivity contribution in [2.75, 3.05) is 27.2 Å². The lowest BCUT2D eigenvalue weighted by Gasteiger charge is -2.38. The summed E-state index contributed by atoms with van der Waals surface area (Å²) in [7, 11) is 4.43. The van der Waals surface area contributed by atoms with E-state index < -0.39 is 0 Å². The van der Waals surface area contributed by atoms with Crippen molar-refractivity contribution in [3.63, 3.8) is 0 Å². The molecule has 1 fully saturated rings. The maximum Gasteiger partial charge on any atom is 0.0190 e. The van der Waals surface area contributed by atoms with E-state index in [9.17, 15) is 0 Å². The van der Waals surface area contributed by atoms with Crippen LogP contribution in [0.15, 0.2) is 0 Å². The van der Waals surface area contributed by atoms with E-state index in [4.69, 9.17) is 0 Å². The maximum absolute atomic E-state index is 3.61. The van der Waals surface area contributed by atoms with Gasteiger partial charge < -0.3 is 10.2 Å². The summed E-state index contributed by atoms with van der Waals surface area (Å²) in [6.07, 6.45) is 12.4. The van der Waals surface area contributed by atoms with Gasteiger partial charge in [0, 0.05) is 5.54 Å². The lowest BCUT2D eigenvalue weighted by atomic mass is 9.79. The van der Waals surface area contributed by atoms with Crippen LogP contribution in [-0.2, 0) is 0 Å². The highest BCUT2D eigenvalue weighted by molar-refractivity contribution is 4.90. The Morgan fingerprint density at radius 3 is 2.35 bits per heavy atom. The molecule has 2 heteroatoms. The van der Waals surface area contributed by atoms with Crippen molar-refractivity contribution in [3.05, 3.63) is 0 Å². The zero-order valence-corrected chi connectivity index (χ0v) is 12.2. The Hall–Kier alpha value is -0.0800. The van der Waals surface area contributed by atoms with Gasteiger partial charge in [0.05, 0.1) is 0 Å². The molecular weight excluding hydrogens is 208 g/mol. The highest BCUT2D eigenvalue weighted by Gasteiger charge is 2.29. The van der Waals surface area contributed by atoms with Crippen molar-refractivity contribution < 1.29 is 0 Å². The van der Waals surface area contributed by atoms with Crippen LogP contribution in [0.4, 0.5) is 0 Å². The monoisotopic (exact) mass is 240 g/mol. The number of nitrogens with one attached hydrogen (secondary N) is 1. The molecule has 0 spiro atoms. The molecule has 17 heavy (non-hydrogen) atoms. The molecule has 0 radical (unpaired) electrons. The molecular formula is C15H32N2. The van der Waals surface area contributed by atoms with Gasteiger partial charge in [-0.3, -0.25) is 0 Å². The van der Waals surface area contributed by atoms with Gasteiger partial charge in [0.15, 0.2) is 0 Å². The summed E-state index contributed by atoms with van der Waals surface area (Å²) in [5.74, 6) is 0. The maximum atomic E-state index is 3.61. The third kappa shape index (κ3) is 5.39. The summed E-state index contributed by atoms with van der Waals surface area (Å²) >= 11 is 0. The zero-order valence-electron chi connectivity index (χ0n) is 12.2. The Labute approximate surface area is 108 Å². The van der Waals surface area contributed by atoms with Crippen LogP contribution in [0.5, 0.6) is 0 Å². The van der Waals surface area contributed by atoms with Crippen molar-refractivity contribution in [2.24, 2.45) is 0 Å². The van der Waals surface area contributed by atoms with Gasteiger partial charge in [0.2, 0.25) is 0 Å². The molecule has 1 aliphatic rings. The lowest BCUT2D eigenvalue weighted by Crippen LogP contribution is -2.46. The molecule has 1 rings (SSSR count). The first kappa shape index (κ1) is 15.0. The van der Waals surface area contributed by atoms with Crippen molar-refractivity contribution >= 4 is 0 Å². The standard InChI is InChI=1S/C15H32N2/c1-4-5-9-13-17(3)14-12-15(16-2)10-7-6-8-11-15/h16H,4-14H2,1-3H3. The SMILES string of the molecule is CCCCCN(C)CCC1(NC)CCCCC1. The van der Waals surface area contributed by atoms with E-state index in [1.807, 2.05) is 0 Å². The van der Waals surface area contributed by atoms with E-state index in [2.05, 4.69) is 31.2 Å². The molecule has 2 nitrogen and oxygen atoms in total. The molecule has 1 N–H and O–H groups in total. The molecule has 0 amide bonds. The predicted molar refractivity (Wildman–Crippen MR) is 76.5 cm³/mol. The number of hydrogen-bond acceptors (Lipinski definition) is 2. The second kappa shape index (κ2) is 8.10. The summed E-state index contributed by atoms with van der Waals surface area (Å²) in [6.45, 7) is 4.80. The molecule has 0 aromatic heterocycles. The molecule has 1 aliphatic carbocycles. The minimum Gasteiger partial charge on any atom is -0.314 e. The Morgan fingerprint density at radius 1 is 1.06 bits per heavy atom. The van der Waals surface area contributed by atoms with Crippen molar-refractivity contribution in [2.45, 2.75) is 70.3 Å². The normalized spacial score (nSPS) is 19.8. The summed E-state index contributed by atoms with van der Waals surface area (Å²) in [6, 6.07) is 0. The Morgan fingerprint density at radius 2 is 1.76 bits per heavy atom. The Kier molecular flexibility index (Phi) is 7.14. The van der Waals surface area contributed by atoms with Crippen molar-refractivity contribution in [1.29, 1.82) is 0 Å². The van der Waals surface area contributed by atoms with Crippen molar-refractivity contribution in [1.82, 2.24) is 10.2 Å². The fourth-order valence-electron chi connectivity index (χ4n) is 3.00. The molecule has 0 bridgehead atoms. The topological polar surface area (TPSA) is 15.3 Å². The third-order valence-electron chi connectivity index (χ3n) is 4.46. The van der Waals surface area contributed by atoms with Crippen LogP contribution in [0.2, 0.25) is 0 Å². The first-order valence-electron chi connectivity index (χ1n) is 7.60. The minimum atomic E-state index is 0.456. The molecule has 0 atom stereocenters. The molecule has 0 aliphatic heterocycles. The first-order valence-corrected chi connectivity index (χ1v) is 7.60. The minimum absolute atomic E-state index is 0.456. The highest BCUT2D eigenvalue weighted by Crippen LogP contribution is 2.30. The van der Waals surface area contributed by atoms with Gasteiger partial charge in [-0.2, -0.15) is 0 Å². The molecule has 0 saturated heterocycles. The largest absolute Gasteiger partial charge is 0.314 e. The van der Waals surface area contributed by atoms with Crippen molar-refractivity contribution in [3.8, 4) is 0 Å². The second-order valence-electron chi connectivity index (χ2n) is 5.85. The van der Waals surface area contributed by atoms with E-state index in [0.29, 0.717) is 5.54 Å². The molecule has 0 aromatic rings. The molecule has 102 valence electrons. The van der Waals surface area contributed by atoms with Gasteiger partial charge in [-0.15, -0.1) is 0 Å². The smallest absolute Gasteiger partial charge is 0.0190 e. The van der Waals surface area contributed by atoms with E-state index in [1.165, 1.54) is 70.9 Å². The van der Waals surface area contributed by atoms with Crippen LogP contribution in [0.1, 0.15) is 64.7 Å². The quantitative estimate of drug-likeness (QED) is 0.654. The van der Waals surface area contributed by atoms with Crippen LogP contribution in [0.3, 0.4) is 0 Å². The van der Waals surface area contributed by atoms with Gasteiger partial charge in [0.25, 0.3) is 0 Å². The van der Waals surface area contributed by atoms with Crippen LogP contribution in [-0.4, -0.2) is 37.6 Å². The van der Waals surface area contributed by atoms with E-state index in [0.717, 1.165) is 0 Å². The predicted octanol–water partition coefficient (Wildman–Crippen LogP) is 3.42. The number of rotatable bonds is 8. The van der Waals surface area contributed by atoms with Crippen LogP contribution >= 0.6 is 0 Å². The molecule has 1 saturated carbocycles. The number of hydrogen-bond donors (Lipinski definition) is 1. The Bertz CT molecular complexity index is 185. The average Bonchev–Trinajstić information content (AvgIpc) is 2.38. The molecule has 0 heterocycles. The van der Waals surface area contributed by atoms with E-state index >= 15 is 0 Å². The van der Waals surface area contributed by atoms with Gasteiger partial charge in [0.1, 0.15) is 0 Å². The Balaban J connectivity index is 2.21. The van der Waals surface area contributed by atoms with Crippen LogP contribution in [0, 0.1) is 0 Å². The lowest BCUT2D eigenvalue weighted by molar-refractivity contribution is 0.195. The summed E-state index contributed by atoms with van der Waals surface area (Å²) in [4.78, 5) is 2.52. The van der Waals surface area contributed by atoms with E-state index in [1.54, 1.807) is 0 Å². The average molecular weight is 240 g/mol. The second-order valence-corrected chi connectivity index (χ2v) is 5.85.